The number of methoxy groups -OCH3 is 1. The number of nitrogens with two attached hydrogens (primary N) is 1. The molecule has 0 atom stereocenters. The van der Waals surface area contributed by atoms with Gasteiger partial charge in [-0.3, -0.25) is 0 Å². The topological polar surface area (TPSA) is 94.4 Å². The van der Waals surface area contributed by atoms with Gasteiger partial charge in [-0.25, -0.2) is 0 Å². The van der Waals surface area contributed by atoms with E-state index in [1.807, 2.05) is 0 Å². The first kappa shape index (κ1) is 11.7. The minimum absolute atomic E-state index is 0.120. The van der Waals surface area contributed by atoms with Gasteiger partial charge in [0.15, 0.2) is 11.5 Å². The Balaban J connectivity index is 2.57. The summed E-state index contributed by atoms with van der Waals surface area (Å²) in [5.74, 6) is 0.581. The Morgan fingerprint density at radius 1 is 1.53 bits per heavy atom. The van der Waals surface area contributed by atoms with Crippen molar-refractivity contribution in [2.45, 2.75) is 6.54 Å². The molecule has 0 fully saturated rings. The first-order chi connectivity index (χ1) is 8.17. The summed E-state index contributed by atoms with van der Waals surface area (Å²) in [6.45, 7) is 0.120. The van der Waals surface area contributed by atoms with Crippen LogP contribution in [0, 0.1) is 0 Å². The number of nitrogens with zero attached hydrogens (tertiary/aromatic N) is 2. The summed E-state index contributed by atoms with van der Waals surface area (Å²) in [6.07, 6.45) is 0. The molecule has 2 aromatic rings. The summed E-state index contributed by atoms with van der Waals surface area (Å²) in [5.41, 5.74) is 5.62. The highest BCUT2D eigenvalue weighted by atomic mass is 35.5. The molecule has 0 unspecified atom stereocenters. The van der Waals surface area contributed by atoms with E-state index in [1.165, 1.54) is 7.11 Å². The zero-order valence-electron chi connectivity index (χ0n) is 8.98. The Morgan fingerprint density at radius 2 is 2.29 bits per heavy atom. The monoisotopic (exact) mass is 255 g/mol. The van der Waals surface area contributed by atoms with E-state index in [0.29, 0.717) is 5.02 Å². The molecule has 2 rings (SSSR count). The van der Waals surface area contributed by atoms with Crippen molar-refractivity contribution < 1.29 is 14.4 Å². The number of benzene rings is 1. The Bertz CT molecular complexity index is 542. The molecule has 0 aliphatic carbocycles. The normalized spacial score (nSPS) is 10.5. The molecule has 0 spiro atoms. The van der Waals surface area contributed by atoms with Gasteiger partial charge in [-0.2, -0.15) is 4.98 Å². The standard InChI is InChI=1S/C10H10ClN3O3/c1-16-6-3-2-5(11)8(9(6)15)10-13-7(4-12)17-14-10/h2-3,15H,4,12H2,1H3. The third kappa shape index (κ3) is 2.04. The molecule has 1 aromatic carbocycles. The second-order valence-electron chi connectivity index (χ2n) is 3.19. The van der Waals surface area contributed by atoms with Gasteiger partial charge in [0.05, 0.1) is 24.2 Å². The second kappa shape index (κ2) is 4.60. The van der Waals surface area contributed by atoms with E-state index in [1.54, 1.807) is 12.1 Å². The fraction of sp³-hybridized carbons (Fsp3) is 0.200. The molecule has 1 heterocycles. The van der Waals surface area contributed by atoms with Crippen molar-refractivity contribution in [3.05, 3.63) is 23.0 Å². The van der Waals surface area contributed by atoms with Crippen molar-refractivity contribution in [1.82, 2.24) is 10.1 Å². The lowest BCUT2D eigenvalue weighted by Crippen LogP contribution is -1.96. The molecule has 0 saturated heterocycles. The van der Waals surface area contributed by atoms with Gasteiger partial charge in [0.1, 0.15) is 0 Å². The maximum atomic E-state index is 9.94. The SMILES string of the molecule is COc1ccc(Cl)c(-c2noc(CN)n2)c1O. The van der Waals surface area contributed by atoms with Gasteiger partial charge in [-0.15, -0.1) is 0 Å². The summed E-state index contributed by atoms with van der Waals surface area (Å²) in [4.78, 5) is 3.99. The van der Waals surface area contributed by atoms with Crippen LogP contribution in [0.25, 0.3) is 11.4 Å². The van der Waals surface area contributed by atoms with Crippen LogP contribution in [0.3, 0.4) is 0 Å². The Hall–Kier alpha value is -1.79. The number of rotatable bonds is 3. The number of aromatic hydroxyl groups is 1. The van der Waals surface area contributed by atoms with Crippen molar-refractivity contribution in [2.24, 2.45) is 5.73 Å². The minimum Gasteiger partial charge on any atom is -0.504 e. The summed E-state index contributed by atoms with van der Waals surface area (Å²) in [7, 11) is 1.44. The predicted octanol–water partition coefficient (Wildman–Crippen LogP) is 1.56. The highest BCUT2D eigenvalue weighted by Crippen LogP contribution is 2.40. The number of phenolic OH excluding ortho intramolecular Hbond substituents is 1. The third-order valence-corrected chi connectivity index (χ3v) is 2.49. The van der Waals surface area contributed by atoms with E-state index in [4.69, 9.17) is 26.6 Å². The predicted molar refractivity (Wildman–Crippen MR) is 60.9 cm³/mol. The number of halogens is 1. The van der Waals surface area contributed by atoms with Gasteiger partial charge in [0.25, 0.3) is 0 Å². The average molecular weight is 256 g/mol. The number of hydrogen-bond donors (Lipinski definition) is 2. The van der Waals surface area contributed by atoms with Crippen LogP contribution in [-0.2, 0) is 6.54 Å². The van der Waals surface area contributed by atoms with Gasteiger partial charge < -0.3 is 20.1 Å². The van der Waals surface area contributed by atoms with Crippen LogP contribution in [-0.4, -0.2) is 22.4 Å². The molecule has 0 bridgehead atoms. The Labute approximate surface area is 102 Å². The number of ether oxygens (including phenoxy) is 1. The lowest BCUT2D eigenvalue weighted by molar-refractivity contribution is 0.372. The summed E-state index contributed by atoms with van der Waals surface area (Å²) < 4.78 is 9.83. The van der Waals surface area contributed by atoms with Gasteiger partial charge >= 0.3 is 0 Å². The fourth-order valence-corrected chi connectivity index (χ4v) is 1.60. The molecule has 90 valence electrons. The van der Waals surface area contributed by atoms with Crippen LogP contribution in [0.2, 0.25) is 5.02 Å². The smallest absolute Gasteiger partial charge is 0.240 e. The molecule has 7 heteroatoms. The molecular formula is C10H10ClN3O3. The number of phenols is 1. The van der Waals surface area contributed by atoms with E-state index < -0.39 is 0 Å². The van der Waals surface area contributed by atoms with Crippen LogP contribution in [0.1, 0.15) is 5.89 Å². The molecule has 0 aliphatic heterocycles. The maximum Gasteiger partial charge on any atom is 0.240 e. The first-order valence-electron chi connectivity index (χ1n) is 4.75. The van der Waals surface area contributed by atoms with Crippen molar-refractivity contribution in [2.75, 3.05) is 7.11 Å². The highest BCUT2D eigenvalue weighted by molar-refractivity contribution is 6.33. The van der Waals surface area contributed by atoms with E-state index in [0.717, 1.165) is 0 Å². The summed E-state index contributed by atoms with van der Waals surface area (Å²) in [6, 6.07) is 3.12. The van der Waals surface area contributed by atoms with Gasteiger partial charge in [0, 0.05) is 0 Å². The Kier molecular flexibility index (Phi) is 3.16. The van der Waals surface area contributed by atoms with Crippen LogP contribution < -0.4 is 10.5 Å². The molecule has 0 radical (unpaired) electrons. The van der Waals surface area contributed by atoms with Crippen molar-refractivity contribution in [3.63, 3.8) is 0 Å². The van der Waals surface area contributed by atoms with Crippen LogP contribution in [0.5, 0.6) is 11.5 Å². The molecule has 0 amide bonds. The van der Waals surface area contributed by atoms with Crippen LogP contribution >= 0.6 is 11.6 Å². The molecule has 1 aromatic heterocycles. The quantitative estimate of drug-likeness (QED) is 0.864. The number of hydrogen-bond acceptors (Lipinski definition) is 6. The Morgan fingerprint density at radius 3 is 2.88 bits per heavy atom. The minimum atomic E-state index is -0.135. The lowest BCUT2D eigenvalue weighted by Gasteiger charge is -2.07. The van der Waals surface area contributed by atoms with E-state index in [-0.39, 0.29) is 35.3 Å². The van der Waals surface area contributed by atoms with Gasteiger partial charge in [0.2, 0.25) is 11.7 Å². The summed E-state index contributed by atoms with van der Waals surface area (Å²) in [5, 5.41) is 13.9. The summed E-state index contributed by atoms with van der Waals surface area (Å²) >= 11 is 5.98. The van der Waals surface area contributed by atoms with Crippen molar-refractivity contribution in [3.8, 4) is 22.9 Å². The molecule has 0 saturated carbocycles. The molecule has 3 N–H and O–H groups in total. The van der Waals surface area contributed by atoms with Crippen LogP contribution in [0.4, 0.5) is 0 Å². The fourth-order valence-electron chi connectivity index (χ4n) is 1.36. The van der Waals surface area contributed by atoms with E-state index in [2.05, 4.69) is 10.1 Å². The van der Waals surface area contributed by atoms with Crippen molar-refractivity contribution >= 4 is 11.6 Å². The van der Waals surface area contributed by atoms with Gasteiger partial charge in [-0.05, 0) is 12.1 Å². The zero-order chi connectivity index (χ0) is 12.4. The molecule has 17 heavy (non-hydrogen) atoms. The molecular weight excluding hydrogens is 246 g/mol. The maximum absolute atomic E-state index is 9.94. The number of aromatic nitrogens is 2. The highest BCUT2D eigenvalue weighted by Gasteiger charge is 2.18. The molecule has 0 aliphatic rings. The second-order valence-corrected chi connectivity index (χ2v) is 3.60. The third-order valence-electron chi connectivity index (χ3n) is 2.18. The first-order valence-corrected chi connectivity index (χ1v) is 5.13. The largest absolute Gasteiger partial charge is 0.504 e. The zero-order valence-corrected chi connectivity index (χ0v) is 9.73. The lowest BCUT2D eigenvalue weighted by atomic mass is 10.1. The average Bonchev–Trinajstić information content (AvgIpc) is 2.78. The van der Waals surface area contributed by atoms with E-state index in [9.17, 15) is 5.11 Å². The van der Waals surface area contributed by atoms with Crippen LogP contribution in [0.15, 0.2) is 16.7 Å². The molecule has 6 nitrogen and oxygen atoms in total. The van der Waals surface area contributed by atoms with E-state index >= 15 is 0 Å². The van der Waals surface area contributed by atoms with Crippen molar-refractivity contribution in [1.29, 1.82) is 0 Å². The van der Waals surface area contributed by atoms with Gasteiger partial charge in [-0.1, -0.05) is 16.8 Å².